The molecule has 2 aromatic heterocycles. The third kappa shape index (κ3) is 3.04. The third-order valence-corrected chi connectivity index (χ3v) is 8.10. The van der Waals surface area contributed by atoms with Gasteiger partial charge < -0.3 is 4.90 Å². The van der Waals surface area contributed by atoms with Crippen molar-refractivity contribution in [2.45, 2.75) is 25.6 Å². The van der Waals surface area contributed by atoms with Gasteiger partial charge >= 0.3 is 0 Å². The number of pyridine rings is 1. The van der Waals surface area contributed by atoms with Crippen LogP contribution in [0.2, 0.25) is 0 Å². The summed E-state index contributed by atoms with van der Waals surface area (Å²) in [6, 6.07) is 1.79. The van der Waals surface area contributed by atoms with Crippen molar-refractivity contribution in [1.82, 2.24) is 19.2 Å². The van der Waals surface area contributed by atoms with Crippen LogP contribution < -0.4 is 0 Å². The van der Waals surface area contributed by atoms with E-state index < -0.39 is 15.3 Å². The summed E-state index contributed by atoms with van der Waals surface area (Å²) >= 11 is 1.52. The van der Waals surface area contributed by atoms with E-state index in [9.17, 15) is 13.2 Å². The molecule has 0 spiro atoms. The number of aryl methyl sites for hydroxylation is 2. The van der Waals surface area contributed by atoms with Gasteiger partial charge in [0.25, 0.3) is 5.91 Å². The van der Waals surface area contributed by atoms with Gasteiger partial charge in [0, 0.05) is 43.3 Å². The van der Waals surface area contributed by atoms with E-state index in [1.54, 1.807) is 17.2 Å². The van der Waals surface area contributed by atoms with Gasteiger partial charge in [-0.3, -0.25) is 9.78 Å². The molecule has 138 valence electrons. The Morgan fingerprint density at radius 2 is 2.08 bits per heavy atom. The van der Waals surface area contributed by atoms with Gasteiger partial charge in [-0.25, -0.2) is 13.4 Å². The molecule has 26 heavy (non-hydrogen) atoms. The van der Waals surface area contributed by atoms with Gasteiger partial charge in [-0.05, 0) is 25.5 Å². The Hall–Kier alpha value is -1.84. The number of nitrogens with zero attached hydrogens (tertiary/aromatic N) is 4. The zero-order chi connectivity index (χ0) is 18.5. The molecule has 2 saturated heterocycles. The molecular weight excluding hydrogens is 372 g/mol. The molecule has 2 aromatic rings. The Morgan fingerprint density at radius 3 is 2.73 bits per heavy atom. The van der Waals surface area contributed by atoms with Crippen LogP contribution in [0.25, 0.3) is 0 Å². The highest BCUT2D eigenvalue weighted by molar-refractivity contribution is 7.90. The van der Waals surface area contributed by atoms with Gasteiger partial charge in [-0.2, -0.15) is 4.31 Å². The number of fused-ring (bicyclic) bond motifs is 1. The second kappa shape index (κ2) is 6.40. The minimum Gasteiger partial charge on any atom is -0.337 e. The smallest absolute Gasteiger partial charge is 0.255 e. The maximum atomic E-state index is 12.9. The number of sulfonamides is 1. The number of hydrogen-bond donors (Lipinski definition) is 0. The molecule has 2 aliphatic heterocycles. The lowest BCUT2D eigenvalue weighted by atomic mass is 10.1. The van der Waals surface area contributed by atoms with E-state index in [1.807, 2.05) is 19.2 Å². The Kier molecular flexibility index (Phi) is 4.32. The van der Waals surface area contributed by atoms with Crippen molar-refractivity contribution in [1.29, 1.82) is 0 Å². The first-order valence-electron chi connectivity index (χ1n) is 8.45. The zero-order valence-corrected chi connectivity index (χ0v) is 16.3. The van der Waals surface area contributed by atoms with E-state index in [4.69, 9.17) is 0 Å². The topological polar surface area (TPSA) is 83.5 Å². The first-order valence-corrected chi connectivity index (χ1v) is 10.8. The van der Waals surface area contributed by atoms with Gasteiger partial charge in [0.05, 0.1) is 28.1 Å². The fourth-order valence-corrected chi connectivity index (χ4v) is 6.47. The molecule has 4 heterocycles. The number of thiazole rings is 1. The molecule has 0 radical (unpaired) electrons. The van der Waals surface area contributed by atoms with E-state index in [-0.39, 0.29) is 18.4 Å². The van der Waals surface area contributed by atoms with Crippen LogP contribution >= 0.6 is 11.3 Å². The average molecular weight is 393 g/mol. The standard InChI is InChI=1S/C17H20N4O3S2/c1-11-3-13(5-18-4-11)17(22)20-6-14-7-21(26(23,24)16(14)9-20)8-15-10-25-12(2)19-15/h3-5,10,14,16H,6-9H2,1-2H3/t14-,16+/m1/s1. The van der Waals surface area contributed by atoms with Crippen LogP contribution in [0.1, 0.15) is 26.6 Å². The lowest BCUT2D eigenvalue weighted by Gasteiger charge is -2.21. The first-order chi connectivity index (χ1) is 12.3. The second-order valence-electron chi connectivity index (χ2n) is 6.95. The fourth-order valence-electron chi connectivity index (χ4n) is 3.75. The SMILES string of the molecule is Cc1cncc(C(=O)N2C[C@@H]3CN(Cc4csc(C)n4)S(=O)(=O)[C@H]3C2)c1. The van der Waals surface area contributed by atoms with E-state index in [1.165, 1.54) is 21.8 Å². The summed E-state index contributed by atoms with van der Waals surface area (Å²) in [6.45, 7) is 5.25. The number of hydrogen-bond acceptors (Lipinski definition) is 6. The van der Waals surface area contributed by atoms with E-state index in [2.05, 4.69) is 9.97 Å². The van der Waals surface area contributed by atoms with Crippen molar-refractivity contribution in [3.63, 3.8) is 0 Å². The number of aromatic nitrogens is 2. The lowest BCUT2D eigenvalue weighted by molar-refractivity contribution is 0.0784. The molecule has 1 amide bonds. The van der Waals surface area contributed by atoms with Gasteiger partial charge in [-0.15, -0.1) is 11.3 Å². The Balaban J connectivity index is 1.49. The number of carbonyl (C=O) groups excluding carboxylic acids is 1. The Labute approximate surface area is 156 Å². The number of likely N-dealkylation sites (tertiary alicyclic amines) is 1. The minimum atomic E-state index is -3.42. The maximum absolute atomic E-state index is 12.9. The predicted octanol–water partition coefficient (Wildman–Crippen LogP) is 1.44. The summed E-state index contributed by atoms with van der Waals surface area (Å²) in [5.41, 5.74) is 2.21. The van der Waals surface area contributed by atoms with Crippen LogP contribution in [-0.2, 0) is 16.6 Å². The van der Waals surface area contributed by atoms with E-state index in [0.717, 1.165) is 16.3 Å². The summed E-state index contributed by atoms with van der Waals surface area (Å²) in [5, 5.41) is 2.31. The monoisotopic (exact) mass is 392 g/mol. The van der Waals surface area contributed by atoms with Crippen LogP contribution in [0.4, 0.5) is 0 Å². The molecule has 7 nitrogen and oxygen atoms in total. The molecular formula is C17H20N4O3S2. The molecule has 0 bridgehead atoms. The Bertz CT molecular complexity index is 956. The maximum Gasteiger partial charge on any atom is 0.255 e. The van der Waals surface area contributed by atoms with Crippen molar-refractivity contribution >= 4 is 27.3 Å². The predicted molar refractivity (Wildman–Crippen MR) is 98.3 cm³/mol. The molecule has 0 unspecified atom stereocenters. The van der Waals surface area contributed by atoms with Gasteiger partial charge in [0.1, 0.15) is 0 Å². The van der Waals surface area contributed by atoms with Crippen LogP contribution in [0.15, 0.2) is 23.8 Å². The highest BCUT2D eigenvalue weighted by Gasteiger charge is 2.52. The normalized spacial score (nSPS) is 24.8. The minimum absolute atomic E-state index is 0.0542. The van der Waals surface area contributed by atoms with Gasteiger partial charge in [0.15, 0.2) is 0 Å². The van der Waals surface area contributed by atoms with Crippen LogP contribution in [0.3, 0.4) is 0 Å². The number of rotatable bonds is 3. The first kappa shape index (κ1) is 17.6. The highest BCUT2D eigenvalue weighted by Crippen LogP contribution is 2.35. The van der Waals surface area contributed by atoms with Crippen molar-refractivity contribution in [3.05, 3.63) is 45.7 Å². The molecule has 2 atom stereocenters. The molecule has 4 rings (SSSR count). The summed E-state index contributed by atoms with van der Waals surface area (Å²) in [7, 11) is -3.42. The van der Waals surface area contributed by atoms with Gasteiger partial charge in [0.2, 0.25) is 10.0 Å². The van der Waals surface area contributed by atoms with Crippen molar-refractivity contribution < 1.29 is 13.2 Å². The summed E-state index contributed by atoms with van der Waals surface area (Å²) < 4.78 is 27.3. The van der Waals surface area contributed by atoms with E-state index >= 15 is 0 Å². The molecule has 9 heteroatoms. The number of amides is 1. The largest absolute Gasteiger partial charge is 0.337 e. The molecule has 0 saturated carbocycles. The lowest BCUT2D eigenvalue weighted by Crippen LogP contribution is -2.36. The molecule has 2 aliphatic rings. The van der Waals surface area contributed by atoms with Gasteiger partial charge in [-0.1, -0.05) is 0 Å². The molecule has 2 fully saturated rings. The summed E-state index contributed by atoms with van der Waals surface area (Å²) in [5.74, 6) is -0.200. The van der Waals surface area contributed by atoms with Crippen LogP contribution in [-0.4, -0.2) is 58.4 Å². The van der Waals surface area contributed by atoms with Crippen molar-refractivity contribution in [2.24, 2.45) is 5.92 Å². The van der Waals surface area contributed by atoms with Crippen LogP contribution in [0.5, 0.6) is 0 Å². The summed E-state index contributed by atoms with van der Waals surface area (Å²) in [4.78, 5) is 22.8. The summed E-state index contributed by atoms with van der Waals surface area (Å²) in [6.07, 6.45) is 3.23. The van der Waals surface area contributed by atoms with Crippen molar-refractivity contribution in [3.8, 4) is 0 Å². The number of carbonyl (C=O) groups is 1. The second-order valence-corrected chi connectivity index (χ2v) is 10.2. The molecule has 0 aromatic carbocycles. The highest BCUT2D eigenvalue weighted by atomic mass is 32.2. The third-order valence-electron chi connectivity index (χ3n) is 4.98. The fraction of sp³-hybridized carbons (Fsp3) is 0.471. The molecule has 0 aliphatic carbocycles. The van der Waals surface area contributed by atoms with E-state index in [0.29, 0.717) is 25.2 Å². The quantitative estimate of drug-likeness (QED) is 0.789. The molecule has 0 N–H and O–H groups in total. The van der Waals surface area contributed by atoms with Crippen LogP contribution in [0, 0.1) is 19.8 Å². The van der Waals surface area contributed by atoms with Crippen molar-refractivity contribution in [2.75, 3.05) is 19.6 Å². The Morgan fingerprint density at radius 1 is 1.27 bits per heavy atom. The average Bonchev–Trinajstić information content (AvgIpc) is 3.25. The zero-order valence-electron chi connectivity index (χ0n) is 14.6.